The Morgan fingerprint density at radius 3 is 2.67 bits per heavy atom. The smallest absolute Gasteiger partial charge is 0.253 e. The molecule has 0 radical (unpaired) electrons. The summed E-state index contributed by atoms with van der Waals surface area (Å²) in [6, 6.07) is 15.8. The Balaban J connectivity index is 1.57. The van der Waals surface area contributed by atoms with Gasteiger partial charge in [-0.3, -0.25) is 9.78 Å². The van der Waals surface area contributed by atoms with Gasteiger partial charge in [-0.25, -0.2) is 8.42 Å². The standard InChI is InChI=1S/C21H20N2O3S/c1-15-9-11-22-20-8-7-16(13-19(15)20)21(24)23-12-10-18(14-23)27(25,26)17-5-3-2-4-6-17/h2-9,11,13,18H,10,12,14H2,1H3. The van der Waals surface area contributed by atoms with Gasteiger partial charge in [0.25, 0.3) is 5.91 Å². The number of hydrogen-bond acceptors (Lipinski definition) is 4. The molecular formula is C21H20N2O3S. The van der Waals surface area contributed by atoms with Crippen LogP contribution in [-0.4, -0.2) is 42.5 Å². The van der Waals surface area contributed by atoms with Crippen LogP contribution in [0, 0.1) is 6.92 Å². The lowest BCUT2D eigenvalue weighted by molar-refractivity contribution is 0.0793. The molecule has 0 bridgehead atoms. The van der Waals surface area contributed by atoms with Crippen molar-refractivity contribution >= 4 is 26.6 Å². The van der Waals surface area contributed by atoms with E-state index in [1.54, 1.807) is 47.5 Å². The highest BCUT2D eigenvalue weighted by Gasteiger charge is 2.36. The number of carbonyl (C=O) groups excluding carboxylic acids is 1. The third kappa shape index (κ3) is 3.21. The fourth-order valence-corrected chi connectivity index (χ4v) is 5.28. The van der Waals surface area contributed by atoms with Gasteiger partial charge in [0.1, 0.15) is 0 Å². The van der Waals surface area contributed by atoms with E-state index < -0.39 is 15.1 Å². The van der Waals surface area contributed by atoms with E-state index in [4.69, 9.17) is 0 Å². The Bertz CT molecular complexity index is 1110. The highest BCUT2D eigenvalue weighted by Crippen LogP contribution is 2.26. The van der Waals surface area contributed by atoms with Gasteiger partial charge in [-0.15, -0.1) is 0 Å². The molecule has 1 saturated heterocycles. The molecule has 1 aliphatic rings. The van der Waals surface area contributed by atoms with Crippen LogP contribution in [0.4, 0.5) is 0 Å². The number of likely N-dealkylation sites (tertiary alicyclic amines) is 1. The lowest BCUT2D eigenvalue weighted by atomic mass is 10.1. The predicted molar refractivity (Wildman–Crippen MR) is 104 cm³/mol. The van der Waals surface area contributed by atoms with Crippen LogP contribution in [0.3, 0.4) is 0 Å². The van der Waals surface area contributed by atoms with E-state index >= 15 is 0 Å². The summed E-state index contributed by atoms with van der Waals surface area (Å²) in [6.07, 6.45) is 2.20. The number of carbonyl (C=O) groups is 1. The summed E-state index contributed by atoms with van der Waals surface area (Å²) in [6.45, 7) is 2.65. The molecule has 0 N–H and O–H groups in total. The Morgan fingerprint density at radius 2 is 1.89 bits per heavy atom. The van der Waals surface area contributed by atoms with E-state index in [1.165, 1.54) is 0 Å². The second-order valence-electron chi connectivity index (χ2n) is 6.88. The number of hydrogen-bond donors (Lipinski definition) is 0. The average molecular weight is 380 g/mol. The average Bonchev–Trinajstić information content (AvgIpc) is 3.19. The summed E-state index contributed by atoms with van der Waals surface area (Å²) in [5, 5.41) is 0.378. The van der Waals surface area contributed by atoms with Crippen LogP contribution in [0.2, 0.25) is 0 Å². The van der Waals surface area contributed by atoms with Crippen molar-refractivity contribution in [3.8, 4) is 0 Å². The number of aryl methyl sites for hydroxylation is 1. The van der Waals surface area contributed by atoms with Crippen LogP contribution in [0.15, 0.2) is 65.7 Å². The zero-order valence-corrected chi connectivity index (χ0v) is 15.8. The highest BCUT2D eigenvalue weighted by molar-refractivity contribution is 7.92. The molecule has 1 aromatic heterocycles. The normalized spacial score (nSPS) is 17.4. The van der Waals surface area contributed by atoms with E-state index in [9.17, 15) is 13.2 Å². The lowest BCUT2D eigenvalue weighted by Crippen LogP contribution is -2.31. The quantitative estimate of drug-likeness (QED) is 0.700. The number of amides is 1. The number of sulfone groups is 1. The minimum Gasteiger partial charge on any atom is -0.337 e. The van der Waals surface area contributed by atoms with Crippen LogP contribution >= 0.6 is 0 Å². The third-order valence-corrected chi connectivity index (χ3v) is 7.34. The Labute approximate surface area is 158 Å². The van der Waals surface area contributed by atoms with E-state index in [2.05, 4.69) is 4.98 Å². The van der Waals surface area contributed by atoms with E-state index in [0.717, 1.165) is 16.5 Å². The minimum absolute atomic E-state index is 0.133. The van der Waals surface area contributed by atoms with E-state index in [1.807, 2.05) is 25.1 Å². The van der Waals surface area contributed by atoms with Gasteiger partial charge in [0, 0.05) is 30.2 Å². The first-order chi connectivity index (χ1) is 13.0. The van der Waals surface area contributed by atoms with Crippen molar-refractivity contribution in [1.82, 2.24) is 9.88 Å². The van der Waals surface area contributed by atoms with Gasteiger partial charge in [0.05, 0.1) is 15.7 Å². The highest BCUT2D eigenvalue weighted by atomic mass is 32.2. The number of rotatable bonds is 3. The van der Waals surface area contributed by atoms with Crippen LogP contribution in [0.25, 0.3) is 10.9 Å². The molecule has 1 aliphatic heterocycles. The van der Waals surface area contributed by atoms with Gasteiger partial charge in [-0.2, -0.15) is 0 Å². The van der Waals surface area contributed by atoms with E-state index in [0.29, 0.717) is 23.4 Å². The summed E-state index contributed by atoms with van der Waals surface area (Å²) in [7, 11) is -3.43. The maximum atomic E-state index is 12.9. The Hall–Kier alpha value is -2.73. The maximum absolute atomic E-state index is 12.9. The first kappa shape index (κ1) is 17.7. The van der Waals surface area contributed by atoms with Crippen molar-refractivity contribution < 1.29 is 13.2 Å². The molecule has 2 heterocycles. The summed E-state index contributed by atoms with van der Waals surface area (Å²) < 4.78 is 25.6. The van der Waals surface area contributed by atoms with Crippen LogP contribution in [-0.2, 0) is 9.84 Å². The SMILES string of the molecule is Cc1ccnc2ccc(C(=O)N3CCC(S(=O)(=O)c4ccccc4)C3)cc12. The number of fused-ring (bicyclic) bond motifs is 1. The van der Waals surface area contributed by atoms with Gasteiger partial charge in [-0.1, -0.05) is 18.2 Å². The second-order valence-corrected chi connectivity index (χ2v) is 9.11. The van der Waals surface area contributed by atoms with E-state index in [-0.39, 0.29) is 12.5 Å². The fraction of sp³-hybridized carbons (Fsp3) is 0.238. The summed E-state index contributed by atoms with van der Waals surface area (Å²) in [5.41, 5.74) is 2.47. The van der Waals surface area contributed by atoms with Gasteiger partial charge in [0.15, 0.2) is 9.84 Å². The van der Waals surface area contributed by atoms with Crippen LogP contribution < -0.4 is 0 Å². The van der Waals surface area contributed by atoms with Crippen molar-refractivity contribution in [2.24, 2.45) is 0 Å². The molecule has 0 spiro atoms. The predicted octanol–water partition coefficient (Wildman–Crippen LogP) is 3.23. The molecule has 1 fully saturated rings. The van der Waals surface area contributed by atoms with Crippen molar-refractivity contribution in [3.05, 3.63) is 71.9 Å². The van der Waals surface area contributed by atoms with Crippen molar-refractivity contribution in [3.63, 3.8) is 0 Å². The molecular weight excluding hydrogens is 360 g/mol. The molecule has 27 heavy (non-hydrogen) atoms. The minimum atomic E-state index is -3.43. The molecule has 2 aromatic carbocycles. The first-order valence-electron chi connectivity index (χ1n) is 8.90. The molecule has 0 saturated carbocycles. The van der Waals surface area contributed by atoms with Crippen molar-refractivity contribution in [1.29, 1.82) is 0 Å². The number of aromatic nitrogens is 1. The summed E-state index contributed by atoms with van der Waals surface area (Å²) in [4.78, 5) is 19.2. The molecule has 3 aromatic rings. The first-order valence-corrected chi connectivity index (χ1v) is 10.4. The summed E-state index contributed by atoms with van der Waals surface area (Å²) in [5.74, 6) is -0.133. The monoisotopic (exact) mass is 380 g/mol. The van der Waals surface area contributed by atoms with Crippen molar-refractivity contribution in [2.45, 2.75) is 23.5 Å². The van der Waals surface area contributed by atoms with Crippen LogP contribution in [0.1, 0.15) is 22.3 Å². The molecule has 1 amide bonds. The zero-order valence-electron chi connectivity index (χ0n) is 15.0. The molecule has 0 aliphatic carbocycles. The number of nitrogens with zero attached hydrogens (tertiary/aromatic N) is 2. The molecule has 1 unspecified atom stereocenters. The molecule has 138 valence electrons. The number of pyridine rings is 1. The Kier molecular flexibility index (Phi) is 4.44. The van der Waals surface area contributed by atoms with Gasteiger partial charge in [0.2, 0.25) is 0 Å². The molecule has 4 rings (SSSR count). The summed E-state index contributed by atoms with van der Waals surface area (Å²) >= 11 is 0. The van der Waals surface area contributed by atoms with Crippen molar-refractivity contribution in [2.75, 3.05) is 13.1 Å². The van der Waals surface area contributed by atoms with Gasteiger partial charge >= 0.3 is 0 Å². The fourth-order valence-electron chi connectivity index (χ4n) is 3.57. The topological polar surface area (TPSA) is 67.3 Å². The maximum Gasteiger partial charge on any atom is 0.253 e. The second kappa shape index (κ2) is 6.78. The van der Waals surface area contributed by atoms with Crippen LogP contribution in [0.5, 0.6) is 0 Å². The van der Waals surface area contributed by atoms with Gasteiger partial charge < -0.3 is 4.90 Å². The largest absolute Gasteiger partial charge is 0.337 e. The molecule has 6 heteroatoms. The molecule has 1 atom stereocenters. The molecule has 5 nitrogen and oxygen atoms in total. The Morgan fingerprint density at radius 1 is 1.11 bits per heavy atom. The van der Waals surface area contributed by atoms with Gasteiger partial charge in [-0.05, 0) is 55.3 Å². The third-order valence-electron chi connectivity index (χ3n) is 5.15. The zero-order chi connectivity index (χ0) is 19.0. The number of benzene rings is 2. The lowest BCUT2D eigenvalue weighted by Gasteiger charge is -2.17.